The van der Waals surface area contributed by atoms with E-state index in [2.05, 4.69) is 170 Å². The molecule has 0 spiro atoms. The third-order valence-corrected chi connectivity index (χ3v) is 9.84. The SMILES string of the molecule is c1ccc2cc3c(cc2c1)oc1cccc(-c2ccc(-c4ccc(-c5c6ccccc6cc6c5ccc5ccccc56)cc4)cc2)c13. The first-order valence-electron chi connectivity index (χ1n) is 16.2. The van der Waals surface area contributed by atoms with Gasteiger partial charge in [-0.1, -0.05) is 146 Å². The minimum atomic E-state index is 0.918. The molecular weight excluding hydrogens is 569 g/mol. The van der Waals surface area contributed by atoms with Gasteiger partial charge < -0.3 is 4.42 Å². The van der Waals surface area contributed by atoms with E-state index < -0.39 is 0 Å². The minimum absolute atomic E-state index is 0.918. The summed E-state index contributed by atoms with van der Waals surface area (Å²) >= 11 is 0. The average molecular weight is 597 g/mol. The molecule has 0 aliphatic rings. The van der Waals surface area contributed by atoms with Crippen LogP contribution in [0.25, 0.3) is 98.4 Å². The first kappa shape index (κ1) is 26.1. The molecule has 1 heterocycles. The Morgan fingerprint density at radius 3 is 1.66 bits per heavy atom. The summed E-state index contributed by atoms with van der Waals surface area (Å²) in [6.45, 7) is 0. The van der Waals surface area contributed by atoms with Gasteiger partial charge in [0.1, 0.15) is 11.2 Å². The molecule has 10 aromatic rings. The second kappa shape index (κ2) is 10.2. The first-order chi connectivity index (χ1) is 23.3. The van der Waals surface area contributed by atoms with Gasteiger partial charge in [-0.25, -0.2) is 0 Å². The topological polar surface area (TPSA) is 13.1 Å². The maximum Gasteiger partial charge on any atom is 0.136 e. The molecule has 1 nitrogen and oxygen atoms in total. The zero-order valence-corrected chi connectivity index (χ0v) is 25.6. The van der Waals surface area contributed by atoms with Gasteiger partial charge in [0, 0.05) is 10.8 Å². The third-order valence-electron chi connectivity index (χ3n) is 9.84. The van der Waals surface area contributed by atoms with Crippen LogP contribution in [-0.4, -0.2) is 0 Å². The molecule has 1 aromatic heterocycles. The molecule has 218 valence electrons. The number of hydrogen-bond acceptors (Lipinski definition) is 1. The Labute approximate surface area is 271 Å². The summed E-state index contributed by atoms with van der Waals surface area (Å²) < 4.78 is 6.34. The Balaban J connectivity index is 1.05. The van der Waals surface area contributed by atoms with Crippen molar-refractivity contribution in [2.45, 2.75) is 0 Å². The van der Waals surface area contributed by atoms with Crippen LogP contribution in [0.15, 0.2) is 174 Å². The fourth-order valence-electron chi connectivity index (χ4n) is 7.56. The lowest BCUT2D eigenvalue weighted by molar-refractivity contribution is 0.669. The third kappa shape index (κ3) is 4.10. The lowest BCUT2D eigenvalue weighted by Gasteiger charge is -2.14. The number of hydrogen-bond donors (Lipinski definition) is 0. The fraction of sp³-hybridized carbons (Fsp3) is 0. The normalized spacial score (nSPS) is 11.8. The zero-order chi connectivity index (χ0) is 30.9. The largest absolute Gasteiger partial charge is 0.456 e. The highest BCUT2D eigenvalue weighted by atomic mass is 16.3. The van der Waals surface area contributed by atoms with Crippen molar-refractivity contribution in [1.29, 1.82) is 0 Å². The highest BCUT2D eigenvalue weighted by Gasteiger charge is 2.15. The summed E-state index contributed by atoms with van der Waals surface area (Å²) in [6, 6.07) is 61.6. The number of rotatable bonds is 3. The second-order valence-corrected chi connectivity index (χ2v) is 12.5. The van der Waals surface area contributed by atoms with Crippen LogP contribution in [0.5, 0.6) is 0 Å². The molecule has 0 saturated heterocycles. The quantitative estimate of drug-likeness (QED) is 0.146. The van der Waals surface area contributed by atoms with Gasteiger partial charge in [0.25, 0.3) is 0 Å². The number of fused-ring (bicyclic) bond motifs is 8. The van der Waals surface area contributed by atoms with Crippen LogP contribution in [0.1, 0.15) is 0 Å². The van der Waals surface area contributed by atoms with Crippen LogP contribution in [0.3, 0.4) is 0 Å². The van der Waals surface area contributed by atoms with Crippen LogP contribution < -0.4 is 0 Å². The highest BCUT2D eigenvalue weighted by Crippen LogP contribution is 2.41. The van der Waals surface area contributed by atoms with Gasteiger partial charge in [0.15, 0.2) is 0 Å². The molecule has 9 aromatic carbocycles. The van der Waals surface area contributed by atoms with E-state index in [0.29, 0.717) is 0 Å². The molecule has 0 radical (unpaired) electrons. The van der Waals surface area contributed by atoms with Crippen molar-refractivity contribution in [1.82, 2.24) is 0 Å². The van der Waals surface area contributed by atoms with Crippen molar-refractivity contribution < 1.29 is 4.42 Å². The predicted molar refractivity (Wildman–Crippen MR) is 200 cm³/mol. The monoisotopic (exact) mass is 596 g/mol. The van der Waals surface area contributed by atoms with Gasteiger partial charge in [0.2, 0.25) is 0 Å². The van der Waals surface area contributed by atoms with E-state index in [1.807, 2.05) is 0 Å². The summed E-state index contributed by atoms with van der Waals surface area (Å²) in [4.78, 5) is 0. The van der Waals surface area contributed by atoms with Crippen molar-refractivity contribution in [2.24, 2.45) is 0 Å². The standard InChI is InChI=1S/C46H28O/c1-2-10-35-28-44-42(26-34(35)9-1)46-38(14-7-15-43(46)47-44)32-20-16-29(17-21-32)30-18-22-33(23-19-30)45-39-13-6-4-11-36(39)27-41-37-12-5-3-8-31(37)24-25-40(41)45/h1-28H. The average Bonchev–Trinajstić information content (AvgIpc) is 3.50. The molecule has 0 amide bonds. The molecule has 0 unspecified atom stereocenters. The molecule has 0 atom stereocenters. The van der Waals surface area contributed by atoms with Crippen LogP contribution in [0.4, 0.5) is 0 Å². The highest BCUT2D eigenvalue weighted by molar-refractivity contribution is 6.20. The smallest absolute Gasteiger partial charge is 0.136 e. The van der Waals surface area contributed by atoms with Gasteiger partial charge in [-0.05, 0) is 101 Å². The van der Waals surface area contributed by atoms with Crippen molar-refractivity contribution in [3.63, 3.8) is 0 Å². The molecule has 0 saturated carbocycles. The molecule has 47 heavy (non-hydrogen) atoms. The first-order valence-corrected chi connectivity index (χ1v) is 16.2. The number of benzene rings is 9. The van der Waals surface area contributed by atoms with E-state index >= 15 is 0 Å². The van der Waals surface area contributed by atoms with Gasteiger partial charge in [-0.2, -0.15) is 0 Å². The van der Waals surface area contributed by atoms with Crippen molar-refractivity contribution in [3.05, 3.63) is 170 Å². The Kier molecular flexibility index (Phi) is 5.64. The summed E-state index contributed by atoms with van der Waals surface area (Å²) in [7, 11) is 0. The van der Waals surface area contributed by atoms with Crippen molar-refractivity contribution in [2.75, 3.05) is 0 Å². The Bertz CT molecular complexity index is 2820. The van der Waals surface area contributed by atoms with E-state index in [1.54, 1.807) is 0 Å². The van der Waals surface area contributed by atoms with E-state index in [4.69, 9.17) is 4.42 Å². The zero-order valence-electron chi connectivity index (χ0n) is 25.6. The lowest BCUT2D eigenvalue weighted by Crippen LogP contribution is -1.87. The molecule has 0 N–H and O–H groups in total. The Morgan fingerprint density at radius 2 is 0.894 bits per heavy atom. The maximum absolute atomic E-state index is 6.34. The van der Waals surface area contributed by atoms with Crippen LogP contribution >= 0.6 is 0 Å². The molecule has 1 heteroatoms. The molecule has 0 bridgehead atoms. The molecule has 10 rings (SSSR count). The lowest BCUT2D eigenvalue weighted by atomic mass is 9.89. The van der Waals surface area contributed by atoms with E-state index in [-0.39, 0.29) is 0 Å². The van der Waals surface area contributed by atoms with Crippen LogP contribution in [0.2, 0.25) is 0 Å². The predicted octanol–water partition coefficient (Wildman–Crippen LogP) is 13.2. The molecular formula is C46H28O. The molecule has 0 fully saturated rings. The summed E-state index contributed by atoms with van der Waals surface area (Å²) in [5, 5.41) is 12.4. The fourth-order valence-corrected chi connectivity index (χ4v) is 7.56. The van der Waals surface area contributed by atoms with Gasteiger partial charge in [0.05, 0.1) is 0 Å². The van der Waals surface area contributed by atoms with Crippen molar-refractivity contribution >= 4 is 65.0 Å². The maximum atomic E-state index is 6.34. The van der Waals surface area contributed by atoms with Crippen LogP contribution in [0, 0.1) is 0 Å². The second-order valence-electron chi connectivity index (χ2n) is 12.5. The number of furan rings is 1. The summed E-state index contributed by atoms with van der Waals surface area (Å²) in [6.07, 6.45) is 0. The van der Waals surface area contributed by atoms with E-state index in [0.717, 1.165) is 16.6 Å². The molecule has 0 aliphatic carbocycles. The van der Waals surface area contributed by atoms with Gasteiger partial charge in [-0.15, -0.1) is 0 Å². The molecule has 0 aliphatic heterocycles. The van der Waals surface area contributed by atoms with E-state index in [9.17, 15) is 0 Å². The summed E-state index contributed by atoms with van der Waals surface area (Å²) in [5.41, 5.74) is 9.14. The van der Waals surface area contributed by atoms with Gasteiger partial charge in [-0.3, -0.25) is 0 Å². The van der Waals surface area contributed by atoms with Crippen molar-refractivity contribution in [3.8, 4) is 33.4 Å². The Hall–Kier alpha value is -6.18. The van der Waals surface area contributed by atoms with E-state index in [1.165, 1.54) is 81.9 Å². The Morgan fingerprint density at radius 1 is 0.298 bits per heavy atom. The summed E-state index contributed by atoms with van der Waals surface area (Å²) in [5.74, 6) is 0. The van der Waals surface area contributed by atoms with Gasteiger partial charge >= 0.3 is 0 Å². The van der Waals surface area contributed by atoms with Crippen LogP contribution in [-0.2, 0) is 0 Å². The minimum Gasteiger partial charge on any atom is -0.456 e.